The number of hydrogen-bond acceptors (Lipinski definition) is 4. The third-order valence-electron chi connectivity index (χ3n) is 5.00. The number of nitrogens with zero attached hydrogens (tertiary/aromatic N) is 2. The second kappa shape index (κ2) is 3.59. The highest BCUT2D eigenvalue weighted by atomic mass is 16.5. The maximum absolute atomic E-state index is 5.99. The highest BCUT2D eigenvalue weighted by Gasteiger charge is 2.67. The molecule has 2 aromatic rings. The minimum absolute atomic E-state index is 0.195. The van der Waals surface area contributed by atoms with Crippen molar-refractivity contribution in [2.24, 2.45) is 10.8 Å². The molecule has 2 N–H and O–H groups in total. The summed E-state index contributed by atoms with van der Waals surface area (Å²) in [6.07, 6.45) is 3.52. The summed E-state index contributed by atoms with van der Waals surface area (Å²) in [6, 6.07) is 3.88. The van der Waals surface area contributed by atoms with E-state index in [-0.39, 0.29) is 10.8 Å². The van der Waals surface area contributed by atoms with Crippen LogP contribution in [0.2, 0.25) is 0 Å². The van der Waals surface area contributed by atoms with Crippen LogP contribution in [-0.4, -0.2) is 10.1 Å². The van der Waals surface area contributed by atoms with Gasteiger partial charge in [0.15, 0.2) is 11.6 Å². The van der Waals surface area contributed by atoms with E-state index in [2.05, 4.69) is 37.8 Å². The molecule has 2 heterocycles. The van der Waals surface area contributed by atoms with Gasteiger partial charge in [-0.3, -0.25) is 4.98 Å². The Morgan fingerprint density at radius 2 is 1.68 bits per heavy atom. The van der Waals surface area contributed by atoms with Crippen LogP contribution in [0.4, 0.5) is 5.82 Å². The average Bonchev–Trinajstić information content (AvgIpc) is 2.64. The molecule has 0 unspecified atom stereocenters. The fraction of sp³-hybridized carbons (Fsp3) is 0.467. The van der Waals surface area contributed by atoms with Crippen molar-refractivity contribution in [3.05, 3.63) is 30.3 Å². The zero-order valence-corrected chi connectivity index (χ0v) is 11.8. The van der Waals surface area contributed by atoms with Crippen molar-refractivity contribution in [1.29, 1.82) is 0 Å². The molecule has 1 aliphatic carbocycles. The standard InChI is InChI=1S/C15H19N3O/c1-14(2)12(15(14,3)4)11-10(13(16)18-19-11)9-5-7-17-8-6-9/h5-8,12H,1-4H3,(H2,16,18). The number of nitrogen functional groups attached to an aromatic ring is 1. The molecule has 4 heteroatoms. The topological polar surface area (TPSA) is 64.9 Å². The SMILES string of the molecule is CC1(C)C(c2onc(N)c2-c2ccncc2)C1(C)C. The van der Waals surface area contributed by atoms with Gasteiger partial charge in [-0.15, -0.1) is 0 Å². The number of hydrogen-bond donors (Lipinski definition) is 1. The monoisotopic (exact) mass is 257 g/mol. The molecule has 3 rings (SSSR count). The Bertz CT molecular complexity index is 600. The third-order valence-corrected chi connectivity index (χ3v) is 5.00. The van der Waals surface area contributed by atoms with Crippen molar-refractivity contribution in [2.45, 2.75) is 33.6 Å². The Hall–Kier alpha value is -1.84. The van der Waals surface area contributed by atoms with Gasteiger partial charge in [-0.2, -0.15) is 0 Å². The molecule has 0 amide bonds. The van der Waals surface area contributed by atoms with Crippen LogP contribution in [0.25, 0.3) is 11.1 Å². The molecule has 1 saturated carbocycles. The Labute approximate surface area is 113 Å². The zero-order chi connectivity index (χ0) is 13.8. The molecule has 0 atom stereocenters. The van der Waals surface area contributed by atoms with Gasteiger partial charge in [-0.05, 0) is 28.5 Å². The van der Waals surface area contributed by atoms with Crippen LogP contribution in [0.1, 0.15) is 39.4 Å². The lowest BCUT2D eigenvalue weighted by Crippen LogP contribution is -1.95. The van der Waals surface area contributed by atoms with Crippen LogP contribution in [0.15, 0.2) is 29.0 Å². The fourth-order valence-corrected chi connectivity index (χ4v) is 3.17. The Morgan fingerprint density at radius 3 is 2.21 bits per heavy atom. The lowest BCUT2D eigenvalue weighted by molar-refractivity contribution is 0.374. The summed E-state index contributed by atoms with van der Waals surface area (Å²) in [5, 5.41) is 3.97. The molecule has 0 aromatic carbocycles. The van der Waals surface area contributed by atoms with Gasteiger partial charge in [0.1, 0.15) is 0 Å². The first kappa shape index (κ1) is 12.2. The summed E-state index contributed by atoms with van der Waals surface area (Å²) < 4.78 is 5.55. The predicted octanol–water partition coefficient (Wildman–Crippen LogP) is 3.47. The van der Waals surface area contributed by atoms with Gasteiger partial charge in [-0.1, -0.05) is 32.9 Å². The van der Waals surface area contributed by atoms with Crippen LogP contribution in [0.5, 0.6) is 0 Å². The molecule has 100 valence electrons. The smallest absolute Gasteiger partial charge is 0.175 e. The van der Waals surface area contributed by atoms with Crippen molar-refractivity contribution in [3.8, 4) is 11.1 Å². The molecule has 1 aliphatic rings. The van der Waals surface area contributed by atoms with Crippen molar-refractivity contribution < 1.29 is 4.52 Å². The van der Waals surface area contributed by atoms with Gasteiger partial charge in [0.05, 0.1) is 5.56 Å². The average molecular weight is 257 g/mol. The summed E-state index contributed by atoms with van der Waals surface area (Å²) in [4.78, 5) is 4.04. The van der Waals surface area contributed by atoms with Crippen molar-refractivity contribution >= 4 is 5.82 Å². The maximum atomic E-state index is 5.99. The number of pyridine rings is 1. The number of anilines is 1. The molecular formula is C15H19N3O. The van der Waals surface area contributed by atoms with Gasteiger partial charge in [0, 0.05) is 18.3 Å². The molecule has 4 nitrogen and oxygen atoms in total. The molecule has 19 heavy (non-hydrogen) atoms. The first-order valence-electron chi connectivity index (χ1n) is 6.53. The van der Waals surface area contributed by atoms with Crippen LogP contribution < -0.4 is 5.73 Å². The first-order valence-corrected chi connectivity index (χ1v) is 6.53. The predicted molar refractivity (Wildman–Crippen MR) is 74.4 cm³/mol. The summed E-state index contributed by atoms with van der Waals surface area (Å²) in [7, 11) is 0. The quantitative estimate of drug-likeness (QED) is 0.894. The van der Waals surface area contributed by atoms with E-state index in [0.717, 1.165) is 16.9 Å². The van der Waals surface area contributed by atoms with Crippen LogP contribution in [-0.2, 0) is 0 Å². The Morgan fingerprint density at radius 1 is 1.11 bits per heavy atom. The zero-order valence-electron chi connectivity index (χ0n) is 11.8. The minimum Gasteiger partial charge on any atom is -0.380 e. The minimum atomic E-state index is 0.195. The second-order valence-corrected chi connectivity index (χ2v) is 6.42. The largest absolute Gasteiger partial charge is 0.380 e. The molecule has 0 spiro atoms. The van der Waals surface area contributed by atoms with Gasteiger partial charge in [0.25, 0.3) is 0 Å². The molecule has 0 bridgehead atoms. The summed E-state index contributed by atoms with van der Waals surface area (Å²) in [5.41, 5.74) is 8.32. The first-order chi connectivity index (χ1) is 8.87. The number of nitrogens with two attached hydrogens (primary N) is 1. The molecular weight excluding hydrogens is 238 g/mol. The highest BCUT2D eigenvalue weighted by Crippen LogP contribution is 2.74. The van der Waals surface area contributed by atoms with Gasteiger partial charge in [-0.25, -0.2) is 0 Å². The van der Waals surface area contributed by atoms with E-state index in [1.54, 1.807) is 12.4 Å². The van der Waals surface area contributed by atoms with Crippen LogP contribution in [0, 0.1) is 10.8 Å². The van der Waals surface area contributed by atoms with Crippen molar-refractivity contribution in [2.75, 3.05) is 5.73 Å². The van der Waals surface area contributed by atoms with Crippen molar-refractivity contribution in [3.63, 3.8) is 0 Å². The third kappa shape index (κ3) is 1.52. The normalized spacial score (nSPS) is 20.4. The molecule has 2 aromatic heterocycles. The van der Waals surface area contributed by atoms with E-state index in [0.29, 0.717) is 11.7 Å². The maximum Gasteiger partial charge on any atom is 0.175 e. The van der Waals surface area contributed by atoms with Crippen LogP contribution >= 0.6 is 0 Å². The second-order valence-electron chi connectivity index (χ2n) is 6.42. The van der Waals surface area contributed by atoms with Crippen LogP contribution in [0.3, 0.4) is 0 Å². The van der Waals surface area contributed by atoms with E-state index in [1.807, 2.05) is 12.1 Å². The lowest BCUT2D eigenvalue weighted by Gasteiger charge is -2.03. The van der Waals surface area contributed by atoms with Gasteiger partial charge >= 0.3 is 0 Å². The van der Waals surface area contributed by atoms with E-state index >= 15 is 0 Å². The number of aromatic nitrogens is 2. The molecule has 0 radical (unpaired) electrons. The van der Waals surface area contributed by atoms with E-state index in [1.165, 1.54) is 0 Å². The van der Waals surface area contributed by atoms with Gasteiger partial charge < -0.3 is 10.3 Å². The molecule has 1 fully saturated rings. The van der Waals surface area contributed by atoms with E-state index in [4.69, 9.17) is 10.3 Å². The molecule has 0 aliphatic heterocycles. The summed E-state index contributed by atoms with van der Waals surface area (Å²) >= 11 is 0. The lowest BCUT2D eigenvalue weighted by atomic mass is 10.0. The highest BCUT2D eigenvalue weighted by molar-refractivity contribution is 5.76. The van der Waals surface area contributed by atoms with Gasteiger partial charge in [0.2, 0.25) is 0 Å². The number of rotatable bonds is 2. The van der Waals surface area contributed by atoms with E-state index in [9.17, 15) is 0 Å². The Balaban J connectivity index is 2.12. The van der Waals surface area contributed by atoms with Crippen molar-refractivity contribution in [1.82, 2.24) is 10.1 Å². The Kier molecular flexibility index (Phi) is 2.31. The summed E-state index contributed by atoms with van der Waals surface area (Å²) in [6.45, 7) is 9.03. The fourth-order valence-electron chi connectivity index (χ4n) is 3.17. The molecule has 0 saturated heterocycles. The summed E-state index contributed by atoms with van der Waals surface area (Å²) in [5.74, 6) is 1.70. The van der Waals surface area contributed by atoms with E-state index < -0.39 is 0 Å².